The molecule has 3 rings (SSSR count). The number of nitro benzene ring substituents is 1. The number of aliphatic carboxylic acids is 1. The van der Waals surface area contributed by atoms with E-state index < -0.39 is 10.9 Å². The first-order valence-corrected chi connectivity index (χ1v) is 12.2. The van der Waals surface area contributed by atoms with Crippen molar-refractivity contribution < 1.29 is 48.0 Å². The van der Waals surface area contributed by atoms with Crippen molar-refractivity contribution in [3.8, 4) is 40.2 Å². The van der Waals surface area contributed by atoms with E-state index in [1.807, 2.05) is 18.2 Å². The van der Waals surface area contributed by atoms with Crippen LogP contribution in [-0.4, -0.2) is 58.2 Å². The number of hydrogen-bond donors (Lipinski definition) is 1. The van der Waals surface area contributed by atoms with Gasteiger partial charge in [0, 0.05) is 0 Å². The van der Waals surface area contributed by atoms with Gasteiger partial charge in [-0.05, 0) is 41.5 Å². The van der Waals surface area contributed by atoms with E-state index in [4.69, 9.17) is 38.3 Å². The van der Waals surface area contributed by atoms with E-state index in [1.54, 1.807) is 24.3 Å². The first-order valence-electron chi connectivity index (χ1n) is 12.2. The Balaban J connectivity index is 1.87. The summed E-state index contributed by atoms with van der Waals surface area (Å²) in [5.74, 6) is 1.50. The molecule has 0 atom stereocenters. The van der Waals surface area contributed by atoms with Crippen molar-refractivity contribution in [3.05, 3.63) is 69.3 Å². The molecular formula is C29H31NO11. The maximum atomic E-state index is 11.8. The lowest BCUT2D eigenvalue weighted by Gasteiger charge is -2.14. The van der Waals surface area contributed by atoms with E-state index in [0.29, 0.717) is 28.7 Å². The summed E-state index contributed by atoms with van der Waals surface area (Å²) >= 11 is 0. The molecule has 0 amide bonds. The van der Waals surface area contributed by atoms with Crippen molar-refractivity contribution in [2.45, 2.75) is 13.0 Å². The summed E-state index contributed by atoms with van der Waals surface area (Å²) in [5.41, 5.74) is 1.52. The molecule has 12 heteroatoms. The smallest absolute Gasteiger partial charge is 0.306 e. The van der Waals surface area contributed by atoms with Crippen LogP contribution in [0.15, 0.2) is 42.5 Å². The Morgan fingerprint density at radius 1 is 0.756 bits per heavy atom. The van der Waals surface area contributed by atoms with Crippen LogP contribution < -0.4 is 33.2 Å². The molecule has 0 radical (unpaired) electrons. The highest BCUT2D eigenvalue weighted by Crippen LogP contribution is 2.39. The molecular weight excluding hydrogens is 538 g/mol. The summed E-state index contributed by atoms with van der Waals surface area (Å²) in [6, 6.07) is 11.5. The van der Waals surface area contributed by atoms with Gasteiger partial charge in [-0.2, -0.15) is 0 Å². The van der Waals surface area contributed by atoms with Gasteiger partial charge in [0.1, 0.15) is 6.61 Å². The SMILES string of the molecule is COc1cc(COc2cc(/C=C/c3cc(OC)c(OC)c(OC)c3)ccc2OC)c([N+](=O)[O-])cc1OCCC(=O)O. The Bertz CT molecular complexity index is 1390. The summed E-state index contributed by atoms with van der Waals surface area (Å²) in [7, 11) is 7.48. The second-order valence-electron chi connectivity index (χ2n) is 8.37. The lowest BCUT2D eigenvalue weighted by Crippen LogP contribution is -2.07. The summed E-state index contributed by atoms with van der Waals surface area (Å²) in [4.78, 5) is 22.0. The average molecular weight is 570 g/mol. The number of carboxylic acids is 1. The van der Waals surface area contributed by atoms with Gasteiger partial charge in [0.15, 0.2) is 34.5 Å². The Kier molecular flexibility index (Phi) is 10.6. The highest BCUT2D eigenvalue weighted by Gasteiger charge is 2.21. The standard InChI is InChI=1S/C29H31NO11/c1-35-22-9-8-18(6-7-19-13-26(37-3)29(39-5)27(14-19)38-4)12-24(22)41-17-20-15-23(36-2)25(16-21(20)30(33)34)40-11-10-28(31)32/h6-9,12-16H,10-11,17H2,1-5H3,(H,31,32)/b7-6+. The van der Waals surface area contributed by atoms with Crippen molar-refractivity contribution in [1.82, 2.24) is 0 Å². The third kappa shape index (κ3) is 7.72. The van der Waals surface area contributed by atoms with Gasteiger partial charge >= 0.3 is 5.97 Å². The normalized spacial score (nSPS) is 10.7. The fourth-order valence-corrected chi connectivity index (χ4v) is 3.85. The molecule has 0 aliphatic carbocycles. The quantitative estimate of drug-likeness (QED) is 0.146. The van der Waals surface area contributed by atoms with E-state index in [2.05, 4.69) is 0 Å². The molecule has 12 nitrogen and oxygen atoms in total. The summed E-state index contributed by atoms with van der Waals surface area (Å²) in [6.45, 7) is -0.356. The van der Waals surface area contributed by atoms with Gasteiger partial charge in [0.25, 0.3) is 5.69 Å². The monoisotopic (exact) mass is 569 g/mol. The molecule has 1 N–H and O–H groups in total. The molecule has 218 valence electrons. The predicted octanol–water partition coefficient (Wildman–Crippen LogP) is 5.24. The fraction of sp³-hybridized carbons (Fsp3) is 0.276. The first-order chi connectivity index (χ1) is 19.7. The minimum absolute atomic E-state index is 0.0562. The van der Waals surface area contributed by atoms with Crippen LogP contribution in [0.25, 0.3) is 12.2 Å². The lowest BCUT2D eigenvalue weighted by atomic mass is 10.1. The van der Waals surface area contributed by atoms with Gasteiger partial charge in [-0.25, -0.2) is 0 Å². The van der Waals surface area contributed by atoms with E-state index in [9.17, 15) is 14.9 Å². The molecule has 0 aliphatic heterocycles. The molecule has 0 spiro atoms. The van der Waals surface area contributed by atoms with Crippen LogP contribution in [0.4, 0.5) is 5.69 Å². The van der Waals surface area contributed by atoms with Crippen molar-refractivity contribution in [2.24, 2.45) is 0 Å². The number of methoxy groups -OCH3 is 5. The Hall–Kier alpha value is -5.13. The Morgan fingerprint density at radius 2 is 1.34 bits per heavy atom. The second-order valence-corrected chi connectivity index (χ2v) is 8.37. The van der Waals surface area contributed by atoms with E-state index in [1.165, 1.54) is 47.7 Å². The minimum Gasteiger partial charge on any atom is -0.493 e. The van der Waals surface area contributed by atoms with Gasteiger partial charge in [-0.15, -0.1) is 0 Å². The number of carboxylic acid groups (broad SMARTS) is 1. The molecule has 0 bridgehead atoms. The number of ether oxygens (including phenoxy) is 7. The fourth-order valence-electron chi connectivity index (χ4n) is 3.85. The average Bonchev–Trinajstić information content (AvgIpc) is 2.97. The zero-order chi connectivity index (χ0) is 29.9. The molecule has 0 saturated heterocycles. The van der Waals surface area contributed by atoms with Crippen LogP contribution in [-0.2, 0) is 11.4 Å². The van der Waals surface area contributed by atoms with Crippen LogP contribution in [0.3, 0.4) is 0 Å². The number of hydrogen-bond acceptors (Lipinski definition) is 10. The van der Waals surface area contributed by atoms with Crippen LogP contribution in [0.2, 0.25) is 0 Å². The molecule has 3 aromatic rings. The van der Waals surface area contributed by atoms with E-state index >= 15 is 0 Å². The van der Waals surface area contributed by atoms with Gasteiger partial charge < -0.3 is 38.3 Å². The number of rotatable bonds is 15. The van der Waals surface area contributed by atoms with Gasteiger partial charge in [-0.1, -0.05) is 18.2 Å². The highest BCUT2D eigenvalue weighted by atomic mass is 16.6. The zero-order valence-corrected chi connectivity index (χ0v) is 23.3. The van der Waals surface area contributed by atoms with Crippen molar-refractivity contribution in [1.29, 1.82) is 0 Å². The van der Waals surface area contributed by atoms with Gasteiger partial charge in [-0.3, -0.25) is 14.9 Å². The third-order valence-corrected chi connectivity index (χ3v) is 5.86. The summed E-state index contributed by atoms with van der Waals surface area (Å²) in [6.07, 6.45) is 3.43. The molecule has 0 heterocycles. The minimum atomic E-state index is -1.06. The van der Waals surface area contributed by atoms with Crippen LogP contribution in [0.1, 0.15) is 23.1 Å². The molecule has 3 aromatic carbocycles. The largest absolute Gasteiger partial charge is 0.493 e. The molecule has 0 fully saturated rings. The molecule has 0 aromatic heterocycles. The molecule has 0 unspecified atom stereocenters. The Labute approximate surface area is 236 Å². The topological polar surface area (TPSA) is 145 Å². The van der Waals surface area contributed by atoms with Gasteiger partial charge in [0.05, 0.1) is 65.1 Å². The second kappa shape index (κ2) is 14.3. The molecule has 0 saturated carbocycles. The number of benzene rings is 3. The van der Waals surface area contributed by atoms with E-state index in [0.717, 1.165) is 11.1 Å². The molecule has 0 aliphatic rings. The number of nitro groups is 1. The maximum Gasteiger partial charge on any atom is 0.306 e. The summed E-state index contributed by atoms with van der Waals surface area (Å²) < 4.78 is 38.3. The third-order valence-electron chi connectivity index (χ3n) is 5.86. The first kappa shape index (κ1) is 30.4. The highest BCUT2D eigenvalue weighted by molar-refractivity contribution is 5.73. The maximum absolute atomic E-state index is 11.8. The lowest BCUT2D eigenvalue weighted by molar-refractivity contribution is -0.385. The molecule has 41 heavy (non-hydrogen) atoms. The number of carbonyl (C=O) groups is 1. The Morgan fingerprint density at radius 3 is 1.90 bits per heavy atom. The number of nitrogens with zero attached hydrogens (tertiary/aromatic N) is 1. The zero-order valence-electron chi connectivity index (χ0n) is 23.3. The summed E-state index contributed by atoms with van der Waals surface area (Å²) in [5, 5.41) is 20.6. The predicted molar refractivity (Wildman–Crippen MR) is 150 cm³/mol. The van der Waals surface area contributed by atoms with Crippen molar-refractivity contribution in [3.63, 3.8) is 0 Å². The van der Waals surface area contributed by atoms with Gasteiger partial charge in [0.2, 0.25) is 5.75 Å². The van der Waals surface area contributed by atoms with Crippen LogP contribution in [0.5, 0.6) is 40.2 Å². The van der Waals surface area contributed by atoms with Crippen molar-refractivity contribution in [2.75, 3.05) is 42.2 Å². The van der Waals surface area contributed by atoms with Crippen molar-refractivity contribution >= 4 is 23.8 Å². The van der Waals surface area contributed by atoms with Crippen LogP contribution >= 0.6 is 0 Å². The van der Waals surface area contributed by atoms with Crippen LogP contribution in [0, 0.1) is 10.1 Å². The van der Waals surface area contributed by atoms with E-state index in [-0.39, 0.29) is 42.4 Å².